The Kier molecular flexibility index (Phi) is 10.2. The highest BCUT2D eigenvalue weighted by Crippen LogP contribution is 2.30. The first-order valence-electron chi connectivity index (χ1n) is 15.0. The Morgan fingerprint density at radius 2 is 1.72 bits per heavy atom. The molecule has 3 N–H and O–H groups in total. The van der Waals surface area contributed by atoms with Gasteiger partial charge in [-0.05, 0) is 47.0 Å². The molecule has 0 radical (unpaired) electrons. The largest absolute Gasteiger partial charge is 0.497 e. The number of anilines is 1. The van der Waals surface area contributed by atoms with Crippen molar-refractivity contribution in [2.45, 2.75) is 38.6 Å². The number of nitrogens with two attached hydrogens (primary N) is 1. The molecule has 2 heterocycles. The molecule has 1 aromatic heterocycles. The van der Waals surface area contributed by atoms with Crippen molar-refractivity contribution in [1.82, 2.24) is 30.1 Å². The summed E-state index contributed by atoms with van der Waals surface area (Å²) in [6.45, 7) is 3.06. The second kappa shape index (κ2) is 14.5. The highest BCUT2D eigenvalue weighted by atomic mass is 32.1. The van der Waals surface area contributed by atoms with Crippen LogP contribution in [-0.2, 0) is 29.1 Å². The SMILES string of the molecule is CCN([C@H]1CN(Cc2cccc3sc(N)nc23)C(=O)[C@H](Cc2ccc(OC)cc2)N1C=O)N(C)C(=O)NCc1ccc(OC)cc1. The van der Waals surface area contributed by atoms with Crippen LogP contribution in [0, 0.1) is 0 Å². The van der Waals surface area contributed by atoms with Crippen LogP contribution in [-0.4, -0.2) is 89.7 Å². The van der Waals surface area contributed by atoms with Crippen LogP contribution in [0.4, 0.5) is 9.93 Å². The van der Waals surface area contributed by atoms with Crippen molar-refractivity contribution in [1.29, 1.82) is 0 Å². The van der Waals surface area contributed by atoms with Crippen LogP contribution >= 0.6 is 11.3 Å². The minimum absolute atomic E-state index is 0.177. The van der Waals surface area contributed by atoms with E-state index in [2.05, 4.69) is 10.3 Å². The molecule has 0 unspecified atom stereocenters. The maximum Gasteiger partial charge on any atom is 0.332 e. The Balaban J connectivity index is 1.42. The summed E-state index contributed by atoms with van der Waals surface area (Å²) in [5.74, 6) is 1.23. The first kappa shape index (κ1) is 32.5. The number of hydrogen-bond acceptors (Lipinski definition) is 9. The summed E-state index contributed by atoms with van der Waals surface area (Å²) in [6.07, 6.45) is 0.370. The minimum atomic E-state index is -0.811. The molecule has 242 valence electrons. The molecule has 12 nitrogen and oxygen atoms in total. The van der Waals surface area contributed by atoms with Gasteiger partial charge in [-0.15, -0.1) is 0 Å². The second-order valence-corrected chi connectivity index (χ2v) is 12.0. The Labute approximate surface area is 272 Å². The highest BCUT2D eigenvalue weighted by molar-refractivity contribution is 7.22. The Morgan fingerprint density at radius 3 is 2.33 bits per heavy atom. The molecular formula is C33H39N7O5S. The Hall–Kier alpha value is -4.88. The molecule has 1 fully saturated rings. The number of para-hydroxylation sites is 1. The van der Waals surface area contributed by atoms with Crippen LogP contribution in [0.1, 0.15) is 23.6 Å². The fraction of sp³-hybridized carbons (Fsp3) is 0.333. The molecule has 0 spiro atoms. The van der Waals surface area contributed by atoms with Crippen LogP contribution in [0.5, 0.6) is 11.5 Å². The zero-order valence-electron chi connectivity index (χ0n) is 26.4. The number of nitrogen functional groups attached to an aromatic ring is 1. The molecule has 1 aliphatic heterocycles. The van der Waals surface area contributed by atoms with Gasteiger partial charge in [-0.1, -0.05) is 54.7 Å². The van der Waals surface area contributed by atoms with Crippen LogP contribution in [0.3, 0.4) is 0 Å². The number of carbonyl (C=O) groups is 3. The summed E-state index contributed by atoms with van der Waals surface area (Å²) in [7, 11) is 4.86. The predicted molar refractivity (Wildman–Crippen MR) is 177 cm³/mol. The van der Waals surface area contributed by atoms with Crippen LogP contribution < -0.4 is 20.5 Å². The average molecular weight is 646 g/mol. The number of hydrogen-bond donors (Lipinski definition) is 2. The molecule has 13 heteroatoms. The van der Waals surface area contributed by atoms with Crippen molar-refractivity contribution in [3.63, 3.8) is 0 Å². The van der Waals surface area contributed by atoms with Gasteiger partial charge in [-0.25, -0.2) is 9.78 Å². The lowest BCUT2D eigenvalue weighted by Gasteiger charge is -2.50. The first-order chi connectivity index (χ1) is 22.3. The Bertz CT molecular complexity index is 1660. The number of benzene rings is 3. The standard InChI is InChI=1S/C33H39N7O5S/c1-5-40(37(2)33(43)35-18-23-11-15-26(45-4)16-12-23)29-20-38(19-24-7-6-8-28-30(24)36-32(34)46-28)31(42)27(39(29)21-41)17-22-9-13-25(44-3)14-10-22/h6-16,21,27,29H,5,17-20H2,1-4H3,(H2,34,36)(H,35,43)/t27-,29-/m0/s1. The number of thiazole rings is 1. The van der Waals surface area contributed by atoms with Crippen molar-refractivity contribution in [3.05, 3.63) is 83.4 Å². The molecule has 0 saturated carbocycles. The number of carbonyl (C=O) groups excluding carboxylic acids is 3. The predicted octanol–water partition coefficient (Wildman–Crippen LogP) is 3.71. The number of ether oxygens (including phenoxy) is 2. The monoisotopic (exact) mass is 645 g/mol. The fourth-order valence-corrected chi connectivity index (χ4v) is 6.55. The van der Waals surface area contributed by atoms with Gasteiger partial charge in [0.2, 0.25) is 12.3 Å². The van der Waals surface area contributed by atoms with Gasteiger partial charge < -0.3 is 30.3 Å². The number of urea groups is 1. The summed E-state index contributed by atoms with van der Waals surface area (Å²) in [6, 6.07) is 19.5. The van der Waals surface area contributed by atoms with Crippen LogP contribution in [0.25, 0.3) is 10.2 Å². The van der Waals surface area contributed by atoms with E-state index in [0.29, 0.717) is 30.4 Å². The molecule has 1 saturated heterocycles. The fourth-order valence-electron chi connectivity index (χ4n) is 5.77. The summed E-state index contributed by atoms with van der Waals surface area (Å²) in [4.78, 5) is 48.2. The van der Waals surface area contributed by atoms with E-state index in [1.54, 1.807) is 31.2 Å². The molecule has 0 aliphatic carbocycles. The number of piperazine rings is 1. The second-order valence-electron chi connectivity index (χ2n) is 10.9. The van der Waals surface area contributed by atoms with Crippen molar-refractivity contribution in [2.75, 3.05) is 40.1 Å². The van der Waals surface area contributed by atoms with Crippen molar-refractivity contribution in [3.8, 4) is 11.5 Å². The number of methoxy groups -OCH3 is 2. The first-order valence-corrected chi connectivity index (χ1v) is 15.8. The third-order valence-corrected chi connectivity index (χ3v) is 9.07. The number of likely N-dealkylation sites (N-methyl/N-ethyl adjacent to an activating group) is 1. The molecule has 5 rings (SSSR count). The minimum Gasteiger partial charge on any atom is -0.497 e. The number of nitrogens with zero attached hydrogens (tertiary/aromatic N) is 5. The number of nitrogens with one attached hydrogen (secondary N) is 1. The van der Waals surface area contributed by atoms with Gasteiger partial charge in [0.15, 0.2) is 5.13 Å². The van der Waals surface area contributed by atoms with E-state index < -0.39 is 12.2 Å². The number of fused-ring (bicyclic) bond motifs is 1. The zero-order valence-corrected chi connectivity index (χ0v) is 27.2. The van der Waals surface area contributed by atoms with Gasteiger partial charge in [0.1, 0.15) is 23.7 Å². The lowest BCUT2D eigenvalue weighted by Crippen LogP contribution is -2.69. The molecule has 46 heavy (non-hydrogen) atoms. The third kappa shape index (κ3) is 7.00. The maximum atomic E-state index is 14.2. The van der Waals surface area contributed by atoms with E-state index in [-0.39, 0.29) is 31.4 Å². The van der Waals surface area contributed by atoms with E-state index in [9.17, 15) is 14.4 Å². The quantitative estimate of drug-likeness (QED) is 0.176. The molecular weight excluding hydrogens is 606 g/mol. The number of aromatic nitrogens is 1. The number of amides is 4. The average Bonchev–Trinajstić information content (AvgIpc) is 3.47. The van der Waals surface area contributed by atoms with E-state index in [0.717, 1.165) is 32.7 Å². The molecule has 4 aromatic rings. The van der Waals surface area contributed by atoms with Gasteiger partial charge in [0.05, 0.1) is 31.0 Å². The van der Waals surface area contributed by atoms with Gasteiger partial charge in [-0.2, -0.15) is 5.01 Å². The summed E-state index contributed by atoms with van der Waals surface area (Å²) in [5, 5.41) is 6.69. The van der Waals surface area contributed by atoms with Gasteiger partial charge in [-0.3, -0.25) is 14.6 Å². The van der Waals surface area contributed by atoms with E-state index in [4.69, 9.17) is 15.2 Å². The van der Waals surface area contributed by atoms with Crippen LogP contribution in [0.2, 0.25) is 0 Å². The lowest BCUT2D eigenvalue weighted by molar-refractivity contribution is -0.167. The molecule has 3 aromatic carbocycles. The molecule has 1 aliphatic rings. The Morgan fingerprint density at radius 1 is 1.07 bits per heavy atom. The normalized spacial score (nSPS) is 16.5. The summed E-state index contributed by atoms with van der Waals surface area (Å²) in [5.41, 5.74) is 9.40. The molecule has 4 amide bonds. The van der Waals surface area contributed by atoms with Gasteiger partial charge >= 0.3 is 6.03 Å². The molecule has 2 atom stereocenters. The van der Waals surface area contributed by atoms with Crippen molar-refractivity contribution in [2.24, 2.45) is 0 Å². The zero-order chi connectivity index (χ0) is 32.8. The van der Waals surface area contributed by atoms with E-state index in [1.165, 1.54) is 21.2 Å². The van der Waals surface area contributed by atoms with E-state index >= 15 is 0 Å². The summed E-state index contributed by atoms with van der Waals surface area (Å²) < 4.78 is 11.5. The number of hydrazine groups is 1. The topological polar surface area (TPSA) is 134 Å². The highest BCUT2D eigenvalue weighted by Gasteiger charge is 2.44. The molecule has 0 bridgehead atoms. The van der Waals surface area contributed by atoms with Crippen LogP contribution in [0.15, 0.2) is 66.7 Å². The van der Waals surface area contributed by atoms with E-state index in [1.807, 2.05) is 73.7 Å². The lowest BCUT2D eigenvalue weighted by atomic mass is 9.99. The third-order valence-electron chi connectivity index (χ3n) is 8.22. The summed E-state index contributed by atoms with van der Waals surface area (Å²) >= 11 is 1.39. The van der Waals surface area contributed by atoms with Gasteiger partial charge in [0, 0.05) is 33.1 Å². The van der Waals surface area contributed by atoms with Crippen molar-refractivity contribution >= 4 is 45.0 Å². The van der Waals surface area contributed by atoms with Crippen molar-refractivity contribution < 1.29 is 23.9 Å². The van der Waals surface area contributed by atoms with Gasteiger partial charge in [0.25, 0.3) is 0 Å². The maximum absolute atomic E-state index is 14.2. The smallest absolute Gasteiger partial charge is 0.332 e. The number of rotatable bonds is 12.